The van der Waals surface area contributed by atoms with Gasteiger partial charge in [-0.15, -0.1) is 0 Å². The van der Waals surface area contributed by atoms with Gasteiger partial charge in [0.05, 0.1) is 0 Å². The minimum absolute atomic E-state index is 0.0564. The van der Waals surface area contributed by atoms with E-state index in [0.29, 0.717) is 18.0 Å². The Morgan fingerprint density at radius 3 is 2.59 bits per heavy atom. The molecular formula is C20H30N2. The van der Waals surface area contributed by atoms with Gasteiger partial charge in [0.25, 0.3) is 0 Å². The molecule has 0 heterocycles. The van der Waals surface area contributed by atoms with Crippen molar-refractivity contribution in [2.24, 2.45) is 11.7 Å². The summed E-state index contributed by atoms with van der Waals surface area (Å²) in [6, 6.07) is 1.26. The van der Waals surface area contributed by atoms with E-state index in [1.807, 2.05) is 18.2 Å². The Labute approximate surface area is 135 Å². The lowest BCUT2D eigenvalue weighted by Gasteiger charge is -2.43. The normalized spacial score (nSPS) is 35.3. The van der Waals surface area contributed by atoms with Crippen molar-refractivity contribution in [2.45, 2.75) is 57.2 Å². The van der Waals surface area contributed by atoms with Crippen LogP contribution in [-0.4, -0.2) is 17.6 Å². The van der Waals surface area contributed by atoms with E-state index in [1.165, 1.54) is 17.6 Å². The molecular weight excluding hydrogens is 268 g/mol. The van der Waals surface area contributed by atoms with E-state index in [9.17, 15) is 0 Å². The number of nitrogens with two attached hydrogens (primary N) is 1. The molecule has 2 atom stereocenters. The highest BCUT2D eigenvalue weighted by Crippen LogP contribution is 2.41. The maximum atomic E-state index is 6.09. The molecule has 3 N–H and O–H groups in total. The number of hydrogen-bond donors (Lipinski definition) is 2. The Hall–Kier alpha value is -1.38. The van der Waals surface area contributed by atoms with Crippen LogP contribution >= 0.6 is 0 Å². The Morgan fingerprint density at radius 2 is 2.05 bits per heavy atom. The topological polar surface area (TPSA) is 38.0 Å². The molecule has 2 aliphatic rings. The van der Waals surface area contributed by atoms with Gasteiger partial charge in [-0.3, -0.25) is 0 Å². The predicted molar refractivity (Wildman–Crippen MR) is 96.6 cm³/mol. The third-order valence-corrected chi connectivity index (χ3v) is 4.64. The molecule has 0 aliphatic heterocycles. The fraction of sp³-hybridized carbons (Fsp3) is 0.500. The van der Waals surface area contributed by atoms with Crippen molar-refractivity contribution < 1.29 is 0 Å². The van der Waals surface area contributed by atoms with Crippen molar-refractivity contribution in [3.05, 3.63) is 60.8 Å². The molecule has 2 saturated carbocycles. The second-order valence-corrected chi connectivity index (χ2v) is 6.94. The molecule has 0 aromatic heterocycles. The molecule has 0 saturated heterocycles. The van der Waals surface area contributed by atoms with Crippen LogP contribution in [0.1, 0.15) is 39.5 Å². The lowest BCUT2D eigenvalue weighted by molar-refractivity contribution is 0.193. The van der Waals surface area contributed by atoms with Crippen molar-refractivity contribution in [3.8, 4) is 0 Å². The van der Waals surface area contributed by atoms with Crippen LogP contribution in [0.5, 0.6) is 0 Å². The highest BCUT2D eigenvalue weighted by molar-refractivity contribution is 5.39. The van der Waals surface area contributed by atoms with Crippen LogP contribution in [-0.2, 0) is 0 Å². The maximum absolute atomic E-state index is 6.09. The molecule has 0 aromatic carbocycles. The van der Waals surface area contributed by atoms with Crippen LogP contribution in [0.3, 0.4) is 0 Å². The van der Waals surface area contributed by atoms with Gasteiger partial charge in [-0.2, -0.15) is 0 Å². The van der Waals surface area contributed by atoms with Crippen molar-refractivity contribution in [1.29, 1.82) is 0 Å². The fourth-order valence-electron chi connectivity index (χ4n) is 3.43. The highest BCUT2D eigenvalue weighted by Gasteiger charge is 2.44. The summed E-state index contributed by atoms with van der Waals surface area (Å²) in [5.41, 5.74) is 8.86. The first-order valence-electron chi connectivity index (χ1n) is 8.36. The van der Waals surface area contributed by atoms with Gasteiger partial charge in [0, 0.05) is 17.6 Å². The molecule has 0 amide bonds. The fourth-order valence-corrected chi connectivity index (χ4v) is 3.43. The molecule has 2 aliphatic carbocycles. The zero-order valence-electron chi connectivity index (χ0n) is 14.0. The predicted octanol–water partition coefficient (Wildman–Crippen LogP) is 4.04. The summed E-state index contributed by atoms with van der Waals surface area (Å²) < 4.78 is 0. The Kier molecular flexibility index (Phi) is 5.60. The molecule has 2 unspecified atom stereocenters. The lowest BCUT2D eigenvalue weighted by Crippen LogP contribution is -2.57. The van der Waals surface area contributed by atoms with Crippen molar-refractivity contribution in [2.75, 3.05) is 0 Å². The smallest absolute Gasteiger partial charge is 0.0155 e. The largest absolute Gasteiger partial charge is 0.325 e. The van der Waals surface area contributed by atoms with E-state index in [2.05, 4.69) is 44.5 Å². The van der Waals surface area contributed by atoms with Crippen LogP contribution in [0.25, 0.3) is 0 Å². The molecule has 2 heteroatoms. The molecule has 2 fully saturated rings. The zero-order chi connectivity index (χ0) is 16.2. The Bertz CT molecular complexity index is 500. The Balaban J connectivity index is 1.93. The minimum atomic E-state index is 0.0564. The van der Waals surface area contributed by atoms with E-state index in [1.54, 1.807) is 6.08 Å². The standard InChI is InChI=1S/C20H30N2/c1-5-8-10-15(9-6-2)11-16(7-3)18-12-19(18)22-17-13-20(4,21)14-17/h5-6,8-11,17-19,22H,1-2,7,12-14,21H2,3-4H3/b10-8-,15-9+,16-11+. The van der Waals surface area contributed by atoms with Gasteiger partial charge in [-0.05, 0) is 44.1 Å². The lowest BCUT2D eigenvalue weighted by atomic mass is 9.75. The second kappa shape index (κ2) is 7.26. The molecule has 0 radical (unpaired) electrons. The summed E-state index contributed by atoms with van der Waals surface area (Å²) in [6.45, 7) is 11.9. The summed E-state index contributed by atoms with van der Waals surface area (Å²) in [4.78, 5) is 0. The summed E-state index contributed by atoms with van der Waals surface area (Å²) in [7, 11) is 0. The highest BCUT2D eigenvalue weighted by atomic mass is 15.0. The number of hydrogen-bond acceptors (Lipinski definition) is 2. The van der Waals surface area contributed by atoms with Crippen LogP contribution in [0.4, 0.5) is 0 Å². The number of nitrogens with one attached hydrogen (secondary N) is 1. The summed E-state index contributed by atoms with van der Waals surface area (Å²) in [6.07, 6.45) is 16.6. The molecule has 2 nitrogen and oxygen atoms in total. The average Bonchev–Trinajstić information content (AvgIpc) is 3.19. The van der Waals surface area contributed by atoms with Gasteiger partial charge in [0.15, 0.2) is 0 Å². The van der Waals surface area contributed by atoms with Gasteiger partial charge < -0.3 is 11.1 Å². The zero-order valence-corrected chi connectivity index (χ0v) is 14.0. The summed E-state index contributed by atoms with van der Waals surface area (Å²) in [5.74, 6) is 0.681. The van der Waals surface area contributed by atoms with E-state index in [0.717, 1.165) is 19.3 Å². The van der Waals surface area contributed by atoms with Gasteiger partial charge in [0.2, 0.25) is 0 Å². The van der Waals surface area contributed by atoms with Crippen LogP contribution in [0.2, 0.25) is 0 Å². The first kappa shape index (κ1) is 17.0. The molecule has 2 rings (SSSR count). The third kappa shape index (κ3) is 4.56. The van der Waals surface area contributed by atoms with E-state index in [-0.39, 0.29) is 5.54 Å². The van der Waals surface area contributed by atoms with Crippen molar-refractivity contribution in [1.82, 2.24) is 5.32 Å². The van der Waals surface area contributed by atoms with Gasteiger partial charge in [-0.1, -0.05) is 62.1 Å². The second-order valence-electron chi connectivity index (χ2n) is 6.94. The van der Waals surface area contributed by atoms with Crippen LogP contribution < -0.4 is 11.1 Å². The molecule has 22 heavy (non-hydrogen) atoms. The van der Waals surface area contributed by atoms with Gasteiger partial charge in [0.1, 0.15) is 0 Å². The first-order chi connectivity index (χ1) is 10.5. The number of rotatable bonds is 8. The van der Waals surface area contributed by atoms with Gasteiger partial charge >= 0.3 is 0 Å². The first-order valence-corrected chi connectivity index (χ1v) is 8.36. The molecule has 0 spiro atoms. The number of allylic oxidation sites excluding steroid dienone is 7. The summed E-state index contributed by atoms with van der Waals surface area (Å²) in [5, 5.41) is 3.76. The van der Waals surface area contributed by atoms with E-state index in [4.69, 9.17) is 5.73 Å². The molecule has 0 bridgehead atoms. The molecule has 0 aromatic rings. The van der Waals surface area contributed by atoms with E-state index < -0.39 is 0 Å². The average molecular weight is 298 g/mol. The molecule has 120 valence electrons. The minimum Gasteiger partial charge on any atom is -0.325 e. The SMILES string of the molecule is C=C\C=C/C(=C\C=C)/C=C(\CC)C1CC1NC1CC(C)(N)C1. The quantitative estimate of drug-likeness (QED) is 0.664. The maximum Gasteiger partial charge on any atom is 0.0155 e. The monoisotopic (exact) mass is 298 g/mol. The summed E-state index contributed by atoms with van der Waals surface area (Å²) >= 11 is 0. The van der Waals surface area contributed by atoms with Gasteiger partial charge in [-0.25, -0.2) is 0 Å². The van der Waals surface area contributed by atoms with Crippen molar-refractivity contribution >= 4 is 0 Å². The Morgan fingerprint density at radius 1 is 1.32 bits per heavy atom. The van der Waals surface area contributed by atoms with Crippen molar-refractivity contribution in [3.63, 3.8) is 0 Å². The van der Waals surface area contributed by atoms with Crippen LogP contribution in [0, 0.1) is 5.92 Å². The van der Waals surface area contributed by atoms with E-state index >= 15 is 0 Å². The van der Waals surface area contributed by atoms with Crippen LogP contribution in [0.15, 0.2) is 60.8 Å². The third-order valence-electron chi connectivity index (χ3n) is 4.64.